The lowest BCUT2D eigenvalue weighted by Gasteiger charge is -2.32. The molecule has 0 amide bonds. The third-order valence-electron chi connectivity index (χ3n) is 5.38. The summed E-state index contributed by atoms with van der Waals surface area (Å²) in [6.07, 6.45) is 1.54. The summed E-state index contributed by atoms with van der Waals surface area (Å²) in [5, 5.41) is 0. The Morgan fingerprint density at radius 1 is 1.19 bits per heavy atom. The number of nitrogens with zero attached hydrogens (tertiary/aromatic N) is 3. The molecule has 0 bridgehead atoms. The van der Waals surface area contributed by atoms with Crippen molar-refractivity contribution in [1.29, 1.82) is 0 Å². The van der Waals surface area contributed by atoms with Crippen LogP contribution in [0.4, 0.5) is 0 Å². The van der Waals surface area contributed by atoms with Crippen LogP contribution in [-0.2, 0) is 10.0 Å². The topological polar surface area (TPSA) is 53.1 Å². The summed E-state index contributed by atoms with van der Waals surface area (Å²) in [6, 6.07) is 6.95. The molecule has 1 fully saturated rings. The molecule has 0 aromatic heterocycles. The quantitative estimate of drug-likeness (QED) is 0.764. The third kappa shape index (κ3) is 4.65. The SMILES string of the molecule is CC(C)CN1CC[C@@H]2Oc3ccccc3S(=O)(=O)N(CCN(C)C)[C@H]2CC1. The van der Waals surface area contributed by atoms with Crippen molar-refractivity contribution in [3.8, 4) is 5.75 Å². The molecular weight excluding hydrogens is 362 g/mol. The van der Waals surface area contributed by atoms with Crippen molar-refractivity contribution in [2.45, 2.75) is 43.7 Å². The van der Waals surface area contributed by atoms with Crippen LogP contribution in [0, 0.1) is 5.92 Å². The number of likely N-dealkylation sites (N-methyl/N-ethyl adjacent to an activating group) is 1. The summed E-state index contributed by atoms with van der Waals surface area (Å²) in [5.41, 5.74) is 0. The largest absolute Gasteiger partial charge is 0.487 e. The van der Waals surface area contributed by atoms with E-state index in [1.807, 2.05) is 25.1 Å². The second kappa shape index (κ2) is 8.47. The van der Waals surface area contributed by atoms with Crippen molar-refractivity contribution in [3.63, 3.8) is 0 Å². The van der Waals surface area contributed by atoms with Crippen LogP contribution in [0.1, 0.15) is 26.7 Å². The Kier molecular flexibility index (Phi) is 6.46. The van der Waals surface area contributed by atoms with Gasteiger partial charge in [-0.2, -0.15) is 4.31 Å². The maximum absolute atomic E-state index is 13.5. The molecule has 27 heavy (non-hydrogen) atoms. The van der Waals surface area contributed by atoms with Crippen molar-refractivity contribution < 1.29 is 13.2 Å². The number of rotatable bonds is 5. The van der Waals surface area contributed by atoms with Crippen molar-refractivity contribution in [2.75, 3.05) is 46.8 Å². The minimum Gasteiger partial charge on any atom is -0.487 e. The molecule has 1 aromatic rings. The zero-order chi connectivity index (χ0) is 19.6. The predicted octanol–water partition coefficient (Wildman–Crippen LogP) is 2.12. The van der Waals surface area contributed by atoms with E-state index in [2.05, 4.69) is 18.7 Å². The summed E-state index contributed by atoms with van der Waals surface area (Å²) in [5.74, 6) is 1.10. The van der Waals surface area contributed by atoms with Crippen LogP contribution in [-0.4, -0.2) is 81.5 Å². The maximum Gasteiger partial charge on any atom is 0.247 e. The summed E-state index contributed by atoms with van der Waals surface area (Å²) in [4.78, 5) is 4.78. The van der Waals surface area contributed by atoms with Gasteiger partial charge in [0.25, 0.3) is 0 Å². The van der Waals surface area contributed by atoms with E-state index < -0.39 is 10.0 Å². The van der Waals surface area contributed by atoms with Crippen LogP contribution in [0.3, 0.4) is 0 Å². The molecule has 6 nitrogen and oxygen atoms in total. The molecule has 0 unspecified atom stereocenters. The van der Waals surface area contributed by atoms with Crippen molar-refractivity contribution in [3.05, 3.63) is 24.3 Å². The molecule has 7 heteroatoms. The van der Waals surface area contributed by atoms with E-state index in [4.69, 9.17) is 4.74 Å². The number of hydrogen-bond acceptors (Lipinski definition) is 5. The van der Waals surface area contributed by atoms with Crippen LogP contribution >= 0.6 is 0 Å². The average molecular weight is 396 g/mol. The first-order valence-corrected chi connectivity index (χ1v) is 11.4. The van der Waals surface area contributed by atoms with Gasteiger partial charge in [0.2, 0.25) is 10.0 Å². The van der Waals surface area contributed by atoms with Gasteiger partial charge in [-0.1, -0.05) is 26.0 Å². The highest BCUT2D eigenvalue weighted by Crippen LogP contribution is 2.36. The van der Waals surface area contributed by atoms with Crippen molar-refractivity contribution >= 4 is 10.0 Å². The molecular formula is C20H33N3O3S. The number of benzene rings is 1. The molecule has 2 aliphatic rings. The zero-order valence-corrected chi connectivity index (χ0v) is 17.8. The Bertz CT molecular complexity index is 736. The normalized spacial score (nSPS) is 26.1. The molecule has 0 radical (unpaired) electrons. The Labute approximate surface area is 164 Å². The minimum atomic E-state index is -3.58. The smallest absolute Gasteiger partial charge is 0.247 e. The first-order chi connectivity index (χ1) is 12.8. The van der Waals surface area contributed by atoms with Gasteiger partial charge in [0, 0.05) is 26.2 Å². The first-order valence-electron chi connectivity index (χ1n) is 9.93. The van der Waals surface area contributed by atoms with Crippen LogP contribution in [0.25, 0.3) is 0 Å². The number of ether oxygens (including phenoxy) is 1. The number of sulfonamides is 1. The lowest BCUT2D eigenvalue weighted by atomic mass is 10.1. The van der Waals surface area contributed by atoms with Crippen LogP contribution in [0.15, 0.2) is 29.2 Å². The van der Waals surface area contributed by atoms with Gasteiger partial charge in [-0.3, -0.25) is 0 Å². The second-order valence-electron chi connectivity index (χ2n) is 8.36. The zero-order valence-electron chi connectivity index (χ0n) is 17.0. The van der Waals surface area contributed by atoms with E-state index in [9.17, 15) is 8.42 Å². The van der Waals surface area contributed by atoms with Gasteiger partial charge in [0.1, 0.15) is 16.7 Å². The number of likely N-dealkylation sites (tertiary alicyclic amines) is 1. The molecule has 1 saturated heterocycles. The third-order valence-corrected chi connectivity index (χ3v) is 7.34. The van der Waals surface area contributed by atoms with Crippen LogP contribution in [0.5, 0.6) is 5.75 Å². The fourth-order valence-corrected chi connectivity index (χ4v) is 5.89. The number of para-hydroxylation sites is 1. The number of fused-ring (bicyclic) bond motifs is 2. The van der Waals surface area contributed by atoms with Gasteiger partial charge in [0.05, 0.1) is 6.04 Å². The summed E-state index contributed by atoms with van der Waals surface area (Å²) in [7, 11) is 0.373. The molecule has 2 atom stereocenters. The van der Waals surface area contributed by atoms with Gasteiger partial charge >= 0.3 is 0 Å². The van der Waals surface area contributed by atoms with Gasteiger partial charge in [-0.05, 0) is 51.5 Å². The minimum absolute atomic E-state index is 0.109. The molecule has 0 aliphatic carbocycles. The molecule has 1 aromatic carbocycles. The molecule has 2 aliphatic heterocycles. The van der Waals surface area contributed by atoms with E-state index in [1.54, 1.807) is 22.5 Å². The van der Waals surface area contributed by atoms with Crippen LogP contribution < -0.4 is 4.74 Å². The monoisotopic (exact) mass is 395 g/mol. The van der Waals surface area contributed by atoms with Crippen LogP contribution in [0.2, 0.25) is 0 Å². The fraction of sp³-hybridized carbons (Fsp3) is 0.700. The molecule has 0 N–H and O–H groups in total. The molecule has 3 rings (SSSR count). The van der Waals surface area contributed by atoms with Crippen molar-refractivity contribution in [1.82, 2.24) is 14.1 Å². The summed E-state index contributed by atoms with van der Waals surface area (Å²) < 4.78 is 35.0. The summed E-state index contributed by atoms with van der Waals surface area (Å²) in [6.45, 7) is 8.53. The maximum atomic E-state index is 13.5. The van der Waals surface area contributed by atoms with Gasteiger partial charge < -0.3 is 14.5 Å². The number of hydrogen-bond donors (Lipinski definition) is 0. The summed E-state index contributed by atoms with van der Waals surface area (Å²) >= 11 is 0. The first kappa shape index (κ1) is 20.6. The highest BCUT2D eigenvalue weighted by Gasteiger charge is 2.43. The predicted molar refractivity (Wildman–Crippen MR) is 108 cm³/mol. The van der Waals surface area contributed by atoms with Gasteiger partial charge in [0.15, 0.2) is 0 Å². The Hall–Kier alpha value is -1.15. The highest BCUT2D eigenvalue weighted by molar-refractivity contribution is 7.89. The lowest BCUT2D eigenvalue weighted by Crippen LogP contribution is -2.49. The van der Waals surface area contributed by atoms with Gasteiger partial charge in [-0.15, -0.1) is 0 Å². The van der Waals surface area contributed by atoms with E-state index in [-0.39, 0.29) is 12.1 Å². The fourth-order valence-electron chi connectivity index (χ4n) is 4.09. The highest BCUT2D eigenvalue weighted by atomic mass is 32.2. The van der Waals surface area contributed by atoms with Gasteiger partial charge in [-0.25, -0.2) is 8.42 Å². The Morgan fingerprint density at radius 2 is 1.89 bits per heavy atom. The van der Waals surface area contributed by atoms with Crippen molar-refractivity contribution in [2.24, 2.45) is 5.92 Å². The lowest BCUT2D eigenvalue weighted by molar-refractivity contribution is 0.110. The standard InChI is InChI=1S/C20H33N3O3S/c1-16(2)15-22-11-9-17-18(10-12-22)26-19-7-5-6-8-20(19)27(24,25)23(17)14-13-21(3)4/h5-8,16-18H,9-15H2,1-4H3/t17-,18-/m0/s1. The van der Waals surface area contributed by atoms with E-state index in [1.165, 1.54) is 0 Å². The van der Waals surface area contributed by atoms with E-state index in [0.717, 1.165) is 32.5 Å². The van der Waals surface area contributed by atoms with E-state index >= 15 is 0 Å². The molecule has 152 valence electrons. The molecule has 2 heterocycles. The molecule has 0 saturated carbocycles. The molecule has 0 spiro atoms. The Morgan fingerprint density at radius 3 is 2.59 bits per heavy atom. The average Bonchev–Trinajstić information content (AvgIpc) is 2.82. The Balaban J connectivity index is 1.95. The second-order valence-corrected chi connectivity index (χ2v) is 10.2. The van der Waals surface area contributed by atoms with E-state index in [0.29, 0.717) is 29.7 Å².